The normalized spacial score (nSPS) is 10.1. The third kappa shape index (κ3) is 3.55. The SMILES string of the molecule is CNCc1ccc(OC)c(CCC(=O)O)c1. The molecule has 0 saturated heterocycles. The van der Waals surface area contributed by atoms with Crippen molar-refractivity contribution in [1.82, 2.24) is 5.32 Å². The van der Waals surface area contributed by atoms with Crippen molar-refractivity contribution in [2.45, 2.75) is 19.4 Å². The molecule has 0 aliphatic carbocycles. The maximum absolute atomic E-state index is 10.5. The average Bonchev–Trinajstić information content (AvgIpc) is 2.27. The second-order valence-corrected chi connectivity index (χ2v) is 3.57. The number of ether oxygens (including phenoxy) is 1. The summed E-state index contributed by atoms with van der Waals surface area (Å²) < 4.78 is 5.20. The molecule has 0 saturated carbocycles. The highest BCUT2D eigenvalue weighted by molar-refractivity contribution is 5.67. The number of carboxylic acids is 1. The van der Waals surface area contributed by atoms with Gasteiger partial charge in [-0.2, -0.15) is 0 Å². The standard InChI is InChI=1S/C12H17NO3/c1-13-8-9-3-5-11(16-2)10(7-9)4-6-12(14)15/h3,5,7,13H,4,6,8H2,1-2H3,(H,14,15). The van der Waals surface area contributed by atoms with Crippen LogP contribution in [0, 0.1) is 0 Å². The second-order valence-electron chi connectivity index (χ2n) is 3.57. The zero-order valence-electron chi connectivity index (χ0n) is 9.62. The summed E-state index contributed by atoms with van der Waals surface area (Å²) in [4.78, 5) is 10.5. The van der Waals surface area contributed by atoms with Crippen molar-refractivity contribution < 1.29 is 14.6 Å². The third-order valence-electron chi connectivity index (χ3n) is 2.33. The first-order chi connectivity index (χ1) is 7.67. The maximum Gasteiger partial charge on any atom is 0.303 e. The average molecular weight is 223 g/mol. The van der Waals surface area contributed by atoms with Crippen LogP contribution in [0.2, 0.25) is 0 Å². The summed E-state index contributed by atoms with van der Waals surface area (Å²) in [5, 5.41) is 11.7. The van der Waals surface area contributed by atoms with Crippen LogP contribution < -0.4 is 10.1 Å². The van der Waals surface area contributed by atoms with Gasteiger partial charge in [0.25, 0.3) is 0 Å². The number of carbonyl (C=O) groups is 1. The fraction of sp³-hybridized carbons (Fsp3) is 0.417. The summed E-state index contributed by atoms with van der Waals surface area (Å²) in [5.41, 5.74) is 2.07. The first-order valence-corrected chi connectivity index (χ1v) is 5.19. The van der Waals surface area contributed by atoms with E-state index in [0.29, 0.717) is 6.42 Å². The Labute approximate surface area is 95.2 Å². The highest BCUT2D eigenvalue weighted by Crippen LogP contribution is 2.21. The highest BCUT2D eigenvalue weighted by atomic mass is 16.5. The number of rotatable bonds is 6. The fourth-order valence-corrected chi connectivity index (χ4v) is 1.58. The Bertz CT molecular complexity index is 363. The molecule has 0 fully saturated rings. The summed E-state index contributed by atoms with van der Waals surface area (Å²) in [6.45, 7) is 0.768. The Morgan fingerprint density at radius 3 is 2.81 bits per heavy atom. The number of benzene rings is 1. The molecule has 0 heterocycles. The van der Waals surface area contributed by atoms with Crippen LogP contribution in [-0.4, -0.2) is 25.2 Å². The van der Waals surface area contributed by atoms with E-state index in [0.717, 1.165) is 23.4 Å². The van der Waals surface area contributed by atoms with Gasteiger partial charge in [-0.05, 0) is 30.7 Å². The Morgan fingerprint density at radius 2 is 2.25 bits per heavy atom. The van der Waals surface area contributed by atoms with Gasteiger partial charge in [-0.1, -0.05) is 12.1 Å². The van der Waals surface area contributed by atoms with E-state index < -0.39 is 5.97 Å². The molecule has 16 heavy (non-hydrogen) atoms. The van der Waals surface area contributed by atoms with E-state index in [9.17, 15) is 4.79 Å². The predicted octanol–water partition coefficient (Wildman–Crippen LogP) is 1.43. The molecule has 88 valence electrons. The molecule has 4 nitrogen and oxygen atoms in total. The molecule has 0 unspecified atom stereocenters. The number of aliphatic carboxylic acids is 1. The molecule has 0 aliphatic rings. The summed E-state index contributed by atoms with van der Waals surface area (Å²) in [6.07, 6.45) is 0.620. The van der Waals surface area contributed by atoms with Gasteiger partial charge in [0.05, 0.1) is 7.11 Å². The van der Waals surface area contributed by atoms with Gasteiger partial charge in [-0.3, -0.25) is 4.79 Å². The molecule has 1 rings (SSSR count). The number of hydrogen-bond acceptors (Lipinski definition) is 3. The second kappa shape index (κ2) is 6.12. The maximum atomic E-state index is 10.5. The molecule has 4 heteroatoms. The first-order valence-electron chi connectivity index (χ1n) is 5.19. The molecule has 0 bridgehead atoms. The van der Waals surface area contributed by atoms with Gasteiger partial charge in [-0.15, -0.1) is 0 Å². The molecule has 1 aromatic carbocycles. The summed E-state index contributed by atoms with van der Waals surface area (Å²) in [7, 11) is 3.47. The molecule has 0 aliphatic heterocycles. The van der Waals surface area contributed by atoms with Gasteiger partial charge in [0, 0.05) is 13.0 Å². The van der Waals surface area contributed by atoms with Crippen LogP contribution >= 0.6 is 0 Å². The van der Waals surface area contributed by atoms with Crippen molar-refractivity contribution in [3.63, 3.8) is 0 Å². The van der Waals surface area contributed by atoms with E-state index in [4.69, 9.17) is 9.84 Å². The van der Waals surface area contributed by atoms with Crippen LogP contribution in [0.4, 0.5) is 0 Å². The summed E-state index contributed by atoms with van der Waals surface area (Å²) >= 11 is 0. The van der Waals surface area contributed by atoms with Crippen LogP contribution in [0.15, 0.2) is 18.2 Å². The van der Waals surface area contributed by atoms with Crippen LogP contribution in [0.1, 0.15) is 17.5 Å². The minimum Gasteiger partial charge on any atom is -0.496 e. The van der Waals surface area contributed by atoms with Gasteiger partial charge in [0.2, 0.25) is 0 Å². The van der Waals surface area contributed by atoms with E-state index in [1.807, 2.05) is 25.2 Å². The van der Waals surface area contributed by atoms with E-state index >= 15 is 0 Å². The minimum absolute atomic E-state index is 0.124. The largest absolute Gasteiger partial charge is 0.496 e. The molecule has 0 aromatic heterocycles. The van der Waals surface area contributed by atoms with E-state index in [1.54, 1.807) is 7.11 Å². The van der Waals surface area contributed by atoms with Crippen molar-refractivity contribution in [2.24, 2.45) is 0 Å². The topological polar surface area (TPSA) is 58.6 Å². The smallest absolute Gasteiger partial charge is 0.303 e. The van der Waals surface area contributed by atoms with Crippen molar-refractivity contribution >= 4 is 5.97 Å². The molecular weight excluding hydrogens is 206 g/mol. The summed E-state index contributed by atoms with van der Waals surface area (Å²) in [5.74, 6) is -0.0397. The number of carboxylic acid groups (broad SMARTS) is 1. The number of hydrogen-bond donors (Lipinski definition) is 2. The molecule has 2 N–H and O–H groups in total. The number of nitrogens with one attached hydrogen (secondary N) is 1. The minimum atomic E-state index is -0.791. The molecule has 0 radical (unpaired) electrons. The lowest BCUT2D eigenvalue weighted by molar-refractivity contribution is -0.136. The zero-order chi connectivity index (χ0) is 12.0. The predicted molar refractivity (Wildman–Crippen MR) is 61.7 cm³/mol. The Hall–Kier alpha value is -1.55. The van der Waals surface area contributed by atoms with Gasteiger partial charge in [0.1, 0.15) is 5.75 Å². The van der Waals surface area contributed by atoms with Gasteiger partial charge in [0.15, 0.2) is 0 Å². The van der Waals surface area contributed by atoms with Crippen molar-refractivity contribution in [1.29, 1.82) is 0 Å². The fourth-order valence-electron chi connectivity index (χ4n) is 1.58. The Kier molecular flexibility index (Phi) is 4.79. The van der Waals surface area contributed by atoms with Gasteiger partial charge >= 0.3 is 5.97 Å². The lowest BCUT2D eigenvalue weighted by Crippen LogP contribution is -2.06. The quantitative estimate of drug-likeness (QED) is 0.766. The van der Waals surface area contributed by atoms with Crippen molar-refractivity contribution in [3.8, 4) is 5.75 Å². The molecular formula is C12H17NO3. The molecule has 0 amide bonds. The van der Waals surface area contributed by atoms with E-state index in [-0.39, 0.29) is 6.42 Å². The van der Waals surface area contributed by atoms with Crippen LogP contribution in [0.3, 0.4) is 0 Å². The monoisotopic (exact) mass is 223 g/mol. The zero-order valence-corrected chi connectivity index (χ0v) is 9.62. The first kappa shape index (κ1) is 12.5. The van der Waals surface area contributed by atoms with E-state index in [1.165, 1.54) is 0 Å². The highest BCUT2D eigenvalue weighted by Gasteiger charge is 2.06. The number of methoxy groups -OCH3 is 1. The van der Waals surface area contributed by atoms with Crippen molar-refractivity contribution in [3.05, 3.63) is 29.3 Å². The van der Waals surface area contributed by atoms with Gasteiger partial charge in [-0.25, -0.2) is 0 Å². The lowest BCUT2D eigenvalue weighted by atomic mass is 10.0. The Balaban J connectivity index is 2.83. The molecule has 1 aromatic rings. The van der Waals surface area contributed by atoms with Crippen molar-refractivity contribution in [2.75, 3.05) is 14.2 Å². The van der Waals surface area contributed by atoms with Crippen LogP contribution in [0.25, 0.3) is 0 Å². The van der Waals surface area contributed by atoms with Crippen LogP contribution in [-0.2, 0) is 17.8 Å². The Morgan fingerprint density at radius 1 is 1.50 bits per heavy atom. The van der Waals surface area contributed by atoms with E-state index in [2.05, 4.69) is 5.32 Å². The number of aryl methyl sites for hydroxylation is 1. The molecule has 0 spiro atoms. The van der Waals surface area contributed by atoms with Crippen LogP contribution in [0.5, 0.6) is 5.75 Å². The lowest BCUT2D eigenvalue weighted by Gasteiger charge is -2.09. The summed E-state index contributed by atoms with van der Waals surface area (Å²) in [6, 6.07) is 5.84. The molecule has 0 atom stereocenters. The van der Waals surface area contributed by atoms with Gasteiger partial charge < -0.3 is 15.2 Å². The third-order valence-corrected chi connectivity index (χ3v) is 2.33.